The van der Waals surface area contributed by atoms with Gasteiger partial charge in [0.15, 0.2) is 0 Å². The normalized spacial score (nSPS) is 17.1. The zero-order valence-corrected chi connectivity index (χ0v) is 12.4. The molecule has 0 atom stereocenters. The van der Waals surface area contributed by atoms with Crippen LogP contribution >= 0.6 is 23.7 Å². The fourth-order valence-corrected chi connectivity index (χ4v) is 3.06. The van der Waals surface area contributed by atoms with Crippen molar-refractivity contribution in [1.82, 2.24) is 10.3 Å². The third kappa shape index (κ3) is 4.57. The summed E-state index contributed by atoms with van der Waals surface area (Å²) in [4.78, 5) is 4.65. The van der Waals surface area contributed by atoms with Gasteiger partial charge in [0.2, 0.25) is 0 Å². The summed E-state index contributed by atoms with van der Waals surface area (Å²) < 4.78 is 0. The zero-order chi connectivity index (χ0) is 11.4. The summed E-state index contributed by atoms with van der Waals surface area (Å²) in [6.07, 6.45) is 6.91. The van der Waals surface area contributed by atoms with Crippen LogP contribution in [-0.4, -0.2) is 11.0 Å². The Morgan fingerprint density at radius 2 is 2.06 bits per heavy atom. The van der Waals surface area contributed by atoms with Crippen molar-refractivity contribution >= 4 is 23.7 Å². The maximum absolute atomic E-state index is 4.65. The molecule has 4 heteroatoms. The molecule has 1 fully saturated rings. The van der Waals surface area contributed by atoms with Gasteiger partial charge in [0.05, 0.1) is 10.7 Å². The van der Waals surface area contributed by atoms with Crippen molar-refractivity contribution in [2.75, 3.05) is 0 Å². The summed E-state index contributed by atoms with van der Waals surface area (Å²) in [5, 5.41) is 7.10. The number of nitrogens with zero attached hydrogens (tertiary/aromatic N) is 1. The van der Waals surface area contributed by atoms with E-state index in [9.17, 15) is 0 Å². The summed E-state index contributed by atoms with van der Waals surface area (Å²) in [6.45, 7) is 5.36. The van der Waals surface area contributed by atoms with Crippen LogP contribution in [0, 0.1) is 0 Å². The number of nitrogens with one attached hydrogen (secondary N) is 1. The molecule has 98 valence electrons. The summed E-state index contributed by atoms with van der Waals surface area (Å²) in [5.74, 6) is 0.563. The molecular formula is C13H23ClN2S. The molecule has 0 spiro atoms. The van der Waals surface area contributed by atoms with Gasteiger partial charge in [-0.25, -0.2) is 4.98 Å². The van der Waals surface area contributed by atoms with Crippen molar-refractivity contribution in [3.05, 3.63) is 16.1 Å². The lowest BCUT2D eigenvalue weighted by Crippen LogP contribution is -2.30. The van der Waals surface area contributed by atoms with E-state index in [0.29, 0.717) is 5.92 Å². The Hall–Kier alpha value is -0.120. The highest BCUT2D eigenvalue weighted by Crippen LogP contribution is 2.20. The molecule has 1 aromatic heterocycles. The minimum Gasteiger partial charge on any atom is -0.308 e. The third-order valence-electron chi connectivity index (χ3n) is 3.24. The summed E-state index contributed by atoms with van der Waals surface area (Å²) in [6, 6.07) is 0.734. The van der Waals surface area contributed by atoms with Crippen LogP contribution in [0.5, 0.6) is 0 Å². The number of hydrogen-bond donors (Lipinski definition) is 1. The number of thiazole rings is 1. The molecule has 0 aromatic carbocycles. The van der Waals surface area contributed by atoms with E-state index in [1.165, 1.54) is 42.8 Å². The van der Waals surface area contributed by atoms with Gasteiger partial charge in [0.1, 0.15) is 0 Å². The highest BCUT2D eigenvalue weighted by molar-refractivity contribution is 7.09. The summed E-state index contributed by atoms with van der Waals surface area (Å²) in [5.41, 5.74) is 1.22. The molecule has 1 aliphatic carbocycles. The number of aromatic nitrogens is 1. The maximum atomic E-state index is 4.65. The first kappa shape index (κ1) is 14.9. The van der Waals surface area contributed by atoms with Gasteiger partial charge in [-0.05, 0) is 12.8 Å². The van der Waals surface area contributed by atoms with E-state index in [0.717, 1.165) is 12.6 Å². The van der Waals surface area contributed by atoms with Gasteiger partial charge in [0.25, 0.3) is 0 Å². The Labute approximate surface area is 115 Å². The quantitative estimate of drug-likeness (QED) is 0.894. The van der Waals surface area contributed by atoms with Crippen molar-refractivity contribution in [2.24, 2.45) is 0 Å². The predicted molar refractivity (Wildman–Crippen MR) is 77.2 cm³/mol. The lowest BCUT2D eigenvalue weighted by atomic mass is 9.95. The topological polar surface area (TPSA) is 24.9 Å². The molecule has 1 N–H and O–H groups in total. The first-order chi connectivity index (χ1) is 7.75. The van der Waals surface area contributed by atoms with Gasteiger partial charge in [-0.2, -0.15) is 0 Å². The smallest absolute Gasteiger partial charge is 0.0954 e. The fourth-order valence-electron chi connectivity index (χ4n) is 2.22. The molecular weight excluding hydrogens is 252 g/mol. The van der Waals surface area contributed by atoms with Gasteiger partial charge in [-0.15, -0.1) is 23.7 Å². The summed E-state index contributed by atoms with van der Waals surface area (Å²) in [7, 11) is 0. The van der Waals surface area contributed by atoms with E-state index in [2.05, 4.69) is 29.5 Å². The molecule has 0 unspecified atom stereocenters. The molecule has 0 bridgehead atoms. The monoisotopic (exact) mass is 274 g/mol. The molecule has 1 aliphatic rings. The molecule has 0 saturated heterocycles. The van der Waals surface area contributed by atoms with Crippen LogP contribution in [0.1, 0.15) is 62.6 Å². The molecule has 0 radical (unpaired) electrons. The van der Waals surface area contributed by atoms with Crippen molar-refractivity contribution in [3.8, 4) is 0 Å². The molecule has 1 aromatic rings. The average molecular weight is 275 g/mol. The van der Waals surface area contributed by atoms with E-state index >= 15 is 0 Å². The highest BCUT2D eigenvalue weighted by atomic mass is 35.5. The van der Waals surface area contributed by atoms with Crippen molar-refractivity contribution in [3.63, 3.8) is 0 Å². The minimum absolute atomic E-state index is 0. The molecule has 1 saturated carbocycles. The maximum Gasteiger partial charge on any atom is 0.0954 e. The number of rotatable bonds is 4. The second-order valence-corrected chi connectivity index (χ2v) is 5.94. The highest BCUT2D eigenvalue weighted by Gasteiger charge is 2.13. The second-order valence-electron chi connectivity index (χ2n) is 5.05. The van der Waals surface area contributed by atoms with Crippen LogP contribution in [0.15, 0.2) is 5.38 Å². The van der Waals surface area contributed by atoms with E-state index in [1.54, 1.807) is 11.3 Å². The Balaban J connectivity index is 0.00000144. The minimum atomic E-state index is 0. The number of halogens is 1. The Morgan fingerprint density at radius 3 is 2.65 bits per heavy atom. The van der Waals surface area contributed by atoms with Crippen molar-refractivity contribution in [1.29, 1.82) is 0 Å². The molecule has 2 nitrogen and oxygen atoms in total. The SMILES string of the molecule is CC(C)c1nc(CNC2CCCCC2)cs1.Cl. The van der Waals surface area contributed by atoms with Crippen molar-refractivity contribution in [2.45, 2.75) is 64.5 Å². The average Bonchev–Trinajstić information content (AvgIpc) is 2.76. The Morgan fingerprint density at radius 1 is 1.35 bits per heavy atom. The van der Waals surface area contributed by atoms with Gasteiger partial charge in [-0.3, -0.25) is 0 Å². The predicted octanol–water partition coefficient (Wildman–Crippen LogP) is 4.11. The van der Waals surface area contributed by atoms with Crippen LogP contribution < -0.4 is 5.32 Å². The largest absolute Gasteiger partial charge is 0.308 e. The van der Waals surface area contributed by atoms with E-state index in [4.69, 9.17) is 0 Å². The first-order valence-corrected chi connectivity index (χ1v) is 7.31. The van der Waals surface area contributed by atoms with E-state index in [1.807, 2.05) is 0 Å². The lowest BCUT2D eigenvalue weighted by molar-refractivity contribution is 0.371. The zero-order valence-electron chi connectivity index (χ0n) is 10.7. The first-order valence-electron chi connectivity index (χ1n) is 6.43. The molecule has 0 aliphatic heterocycles. The Bertz CT molecular complexity index is 319. The van der Waals surface area contributed by atoms with Crippen molar-refractivity contribution < 1.29 is 0 Å². The number of hydrogen-bond acceptors (Lipinski definition) is 3. The van der Waals surface area contributed by atoms with Crippen LogP contribution in [0.25, 0.3) is 0 Å². The fraction of sp³-hybridized carbons (Fsp3) is 0.769. The van der Waals surface area contributed by atoms with Crippen LogP contribution in [0.3, 0.4) is 0 Å². The lowest BCUT2D eigenvalue weighted by Gasteiger charge is -2.22. The van der Waals surface area contributed by atoms with Gasteiger partial charge < -0.3 is 5.32 Å². The molecule has 1 heterocycles. The van der Waals surface area contributed by atoms with E-state index in [-0.39, 0.29) is 12.4 Å². The van der Waals surface area contributed by atoms with Crippen LogP contribution in [0.2, 0.25) is 0 Å². The van der Waals surface area contributed by atoms with Gasteiger partial charge in [0, 0.05) is 23.9 Å². The Kier molecular flexibility index (Phi) is 6.45. The van der Waals surface area contributed by atoms with Crippen LogP contribution in [-0.2, 0) is 6.54 Å². The molecule has 2 rings (SSSR count). The van der Waals surface area contributed by atoms with Gasteiger partial charge >= 0.3 is 0 Å². The van der Waals surface area contributed by atoms with Crippen LogP contribution in [0.4, 0.5) is 0 Å². The standard InChI is InChI=1S/C13H22N2S.ClH/c1-10(2)13-15-12(9-16-13)8-14-11-6-4-3-5-7-11;/h9-11,14H,3-8H2,1-2H3;1H. The third-order valence-corrected chi connectivity index (χ3v) is 4.43. The molecule has 0 amide bonds. The summed E-state index contributed by atoms with van der Waals surface area (Å²) >= 11 is 1.79. The van der Waals surface area contributed by atoms with E-state index < -0.39 is 0 Å². The second kappa shape index (κ2) is 7.34. The van der Waals surface area contributed by atoms with Gasteiger partial charge in [-0.1, -0.05) is 33.1 Å². The molecule has 17 heavy (non-hydrogen) atoms.